The predicted molar refractivity (Wildman–Crippen MR) is 98.5 cm³/mol. The predicted octanol–water partition coefficient (Wildman–Crippen LogP) is 4.43. The summed E-state index contributed by atoms with van der Waals surface area (Å²) < 4.78 is 5.72. The lowest BCUT2D eigenvalue weighted by Gasteiger charge is -2.16. The van der Waals surface area contributed by atoms with Gasteiger partial charge in [0.25, 0.3) is 5.91 Å². The molecule has 0 spiro atoms. The summed E-state index contributed by atoms with van der Waals surface area (Å²) in [6.45, 7) is 10.2. The zero-order valence-electron chi connectivity index (χ0n) is 15.3. The molecule has 0 saturated carbocycles. The largest absolute Gasteiger partial charge is 0.483 e. The van der Waals surface area contributed by atoms with E-state index in [1.807, 2.05) is 26.8 Å². The fraction of sp³-hybridized carbons (Fsp3) is 0.381. The van der Waals surface area contributed by atoms with Crippen molar-refractivity contribution in [2.24, 2.45) is 0 Å². The van der Waals surface area contributed by atoms with Crippen LogP contribution in [0.4, 0.5) is 0 Å². The molecule has 1 amide bonds. The number of nitrogens with one attached hydrogen (secondary N) is 1. The second kappa shape index (κ2) is 8.00. The quantitative estimate of drug-likeness (QED) is 0.853. The zero-order valence-corrected chi connectivity index (χ0v) is 15.3. The molecule has 0 unspecified atom stereocenters. The molecule has 0 fully saturated rings. The molecule has 24 heavy (non-hydrogen) atoms. The number of hydrogen-bond donors (Lipinski definition) is 1. The number of hydrogen-bond acceptors (Lipinski definition) is 2. The van der Waals surface area contributed by atoms with E-state index in [1.165, 1.54) is 11.1 Å². The van der Waals surface area contributed by atoms with E-state index in [1.54, 1.807) is 0 Å². The van der Waals surface area contributed by atoms with Gasteiger partial charge in [-0.3, -0.25) is 4.79 Å². The molecule has 0 saturated heterocycles. The second-order valence-corrected chi connectivity index (χ2v) is 6.38. The highest BCUT2D eigenvalue weighted by Crippen LogP contribution is 2.23. The minimum absolute atomic E-state index is 0.0289. The average Bonchev–Trinajstić information content (AvgIpc) is 2.56. The van der Waals surface area contributed by atoms with Gasteiger partial charge in [0, 0.05) is 0 Å². The lowest BCUT2D eigenvalue weighted by atomic mass is 10.1. The number of carbonyl (C=O) groups is 1. The smallest absolute Gasteiger partial charge is 0.258 e. The summed E-state index contributed by atoms with van der Waals surface area (Å²) in [4.78, 5) is 12.2. The van der Waals surface area contributed by atoms with Crippen LogP contribution in [-0.2, 0) is 11.2 Å². The van der Waals surface area contributed by atoms with Gasteiger partial charge in [0.05, 0.1) is 6.04 Å². The zero-order chi connectivity index (χ0) is 17.7. The minimum Gasteiger partial charge on any atom is -0.483 e. The van der Waals surface area contributed by atoms with Crippen LogP contribution in [0.1, 0.15) is 47.7 Å². The first-order valence-corrected chi connectivity index (χ1v) is 8.49. The van der Waals surface area contributed by atoms with E-state index < -0.39 is 0 Å². The van der Waals surface area contributed by atoms with Crippen molar-refractivity contribution in [1.29, 1.82) is 0 Å². The molecule has 1 N–H and O–H groups in total. The average molecular weight is 325 g/mol. The van der Waals surface area contributed by atoms with Crippen LogP contribution in [-0.4, -0.2) is 12.5 Å². The van der Waals surface area contributed by atoms with Crippen LogP contribution < -0.4 is 10.1 Å². The Morgan fingerprint density at radius 2 is 1.79 bits per heavy atom. The minimum atomic E-state index is -0.111. The van der Waals surface area contributed by atoms with Gasteiger partial charge in [-0.05, 0) is 68.0 Å². The Morgan fingerprint density at radius 3 is 2.42 bits per heavy atom. The first-order chi connectivity index (χ1) is 11.4. The SMILES string of the molecule is CCc1ccc([C@@H](C)NC(=O)COc2cc(C)cc(C)c2C)cc1. The Labute approximate surface area is 145 Å². The van der Waals surface area contributed by atoms with Gasteiger partial charge in [-0.15, -0.1) is 0 Å². The van der Waals surface area contributed by atoms with E-state index in [4.69, 9.17) is 4.74 Å². The normalized spacial score (nSPS) is 11.9. The third kappa shape index (κ3) is 4.60. The Bertz CT molecular complexity index is 705. The van der Waals surface area contributed by atoms with Crippen molar-refractivity contribution in [1.82, 2.24) is 5.32 Å². The van der Waals surface area contributed by atoms with Crippen molar-refractivity contribution >= 4 is 5.91 Å². The second-order valence-electron chi connectivity index (χ2n) is 6.38. The van der Waals surface area contributed by atoms with Gasteiger partial charge in [0.1, 0.15) is 5.75 Å². The van der Waals surface area contributed by atoms with Crippen LogP contribution in [0.15, 0.2) is 36.4 Å². The van der Waals surface area contributed by atoms with E-state index in [0.717, 1.165) is 28.9 Å². The first kappa shape index (κ1) is 18.1. The highest BCUT2D eigenvalue weighted by Gasteiger charge is 2.11. The maximum absolute atomic E-state index is 12.2. The Hall–Kier alpha value is -2.29. The van der Waals surface area contributed by atoms with Crippen molar-refractivity contribution in [2.45, 2.75) is 47.1 Å². The molecule has 0 aliphatic carbocycles. The van der Waals surface area contributed by atoms with E-state index in [-0.39, 0.29) is 18.6 Å². The van der Waals surface area contributed by atoms with Crippen molar-refractivity contribution in [3.63, 3.8) is 0 Å². The van der Waals surface area contributed by atoms with Crippen LogP contribution in [0, 0.1) is 20.8 Å². The van der Waals surface area contributed by atoms with Gasteiger partial charge < -0.3 is 10.1 Å². The maximum atomic E-state index is 12.2. The fourth-order valence-corrected chi connectivity index (χ4v) is 2.70. The van der Waals surface area contributed by atoms with Crippen LogP contribution >= 0.6 is 0 Å². The number of carbonyl (C=O) groups excluding carboxylic acids is 1. The Kier molecular flexibility index (Phi) is 6.02. The summed E-state index contributed by atoms with van der Waals surface area (Å²) in [5.74, 6) is 0.670. The number of rotatable bonds is 6. The van der Waals surface area contributed by atoms with Crippen molar-refractivity contribution in [3.8, 4) is 5.75 Å². The van der Waals surface area contributed by atoms with E-state index in [2.05, 4.69) is 49.5 Å². The van der Waals surface area contributed by atoms with Gasteiger partial charge in [-0.25, -0.2) is 0 Å². The van der Waals surface area contributed by atoms with E-state index in [0.29, 0.717) is 0 Å². The van der Waals surface area contributed by atoms with Crippen molar-refractivity contribution in [3.05, 3.63) is 64.2 Å². The third-order valence-electron chi connectivity index (χ3n) is 4.39. The summed E-state index contributed by atoms with van der Waals surface area (Å²) in [7, 11) is 0. The fourth-order valence-electron chi connectivity index (χ4n) is 2.70. The number of ether oxygens (including phenoxy) is 1. The molecule has 0 heterocycles. The van der Waals surface area contributed by atoms with E-state index >= 15 is 0 Å². The lowest BCUT2D eigenvalue weighted by molar-refractivity contribution is -0.123. The monoisotopic (exact) mass is 325 g/mol. The molecule has 0 radical (unpaired) electrons. The van der Waals surface area contributed by atoms with Gasteiger partial charge in [0.15, 0.2) is 6.61 Å². The molecule has 1 atom stereocenters. The first-order valence-electron chi connectivity index (χ1n) is 8.49. The van der Waals surface area contributed by atoms with Crippen LogP contribution in [0.3, 0.4) is 0 Å². The summed E-state index contributed by atoms with van der Waals surface area (Å²) in [6, 6.07) is 12.4. The van der Waals surface area contributed by atoms with Gasteiger partial charge in [-0.2, -0.15) is 0 Å². The van der Waals surface area contributed by atoms with Gasteiger partial charge in [0.2, 0.25) is 0 Å². The summed E-state index contributed by atoms with van der Waals surface area (Å²) in [5.41, 5.74) is 5.79. The molecule has 0 aromatic heterocycles. The molecular weight excluding hydrogens is 298 g/mol. The van der Waals surface area contributed by atoms with Crippen molar-refractivity contribution < 1.29 is 9.53 Å². The topological polar surface area (TPSA) is 38.3 Å². The summed E-state index contributed by atoms with van der Waals surface area (Å²) in [6.07, 6.45) is 1.02. The summed E-state index contributed by atoms with van der Waals surface area (Å²) >= 11 is 0. The standard InChI is InChI=1S/C21H27NO2/c1-6-18-7-9-19(10-8-18)17(5)22-21(23)13-24-20-12-14(2)11-15(3)16(20)4/h7-12,17H,6,13H2,1-5H3,(H,22,23)/t17-/m1/s1. The molecule has 0 bridgehead atoms. The summed E-state index contributed by atoms with van der Waals surface area (Å²) in [5, 5.41) is 2.99. The lowest BCUT2D eigenvalue weighted by Crippen LogP contribution is -2.31. The van der Waals surface area contributed by atoms with Gasteiger partial charge >= 0.3 is 0 Å². The highest BCUT2D eigenvalue weighted by atomic mass is 16.5. The molecular formula is C21H27NO2. The molecule has 3 heteroatoms. The Balaban J connectivity index is 1.93. The van der Waals surface area contributed by atoms with E-state index in [9.17, 15) is 4.79 Å². The highest BCUT2D eigenvalue weighted by molar-refractivity contribution is 5.78. The molecule has 2 rings (SSSR count). The number of amides is 1. The van der Waals surface area contributed by atoms with Crippen LogP contribution in [0.2, 0.25) is 0 Å². The number of aryl methyl sites for hydroxylation is 3. The van der Waals surface area contributed by atoms with Crippen LogP contribution in [0.25, 0.3) is 0 Å². The van der Waals surface area contributed by atoms with Crippen molar-refractivity contribution in [2.75, 3.05) is 6.61 Å². The third-order valence-corrected chi connectivity index (χ3v) is 4.39. The molecule has 0 aliphatic rings. The molecule has 3 nitrogen and oxygen atoms in total. The molecule has 2 aromatic carbocycles. The Morgan fingerprint density at radius 1 is 1.12 bits per heavy atom. The van der Waals surface area contributed by atoms with Gasteiger partial charge in [-0.1, -0.05) is 37.3 Å². The van der Waals surface area contributed by atoms with Crippen LogP contribution in [0.5, 0.6) is 5.75 Å². The molecule has 2 aromatic rings. The molecule has 128 valence electrons. The molecule has 0 aliphatic heterocycles. The maximum Gasteiger partial charge on any atom is 0.258 e. The number of benzene rings is 2.